The lowest BCUT2D eigenvalue weighted by atomic mass is 9.95. The summed E-state index contributed by atoms with van der Waals surface area (Å²) in [5.74, 6) is 1.34. The van der Waals surface area contributed by atoms with Crippen LogP contribution in [0.2, 0.25) is 0 Å². The number of nitrogens with zero attached hydrogens (tertiary/aromatic N) is 3. The first-order chi connectivity index (χ1) is 14.4. The predicted octanol–water partition coefficient (Wildman–Crippen LogP) is 4.67. The van der Waals surface area contributed by atoms with Crippen LogP contribution in [0.4, 0.5) is 0 Å². The van der Waals surface area contributed by atoms with E-state index in [1.807, 2.05) is 30.5 Å². The molecule has 3 rings (SSSR count). The molecule has 0 saturated heterocycles. The van der Waals surface area contributed by atoms with Crippen LogP contribution in [-0.4, -0.2) is 18.0 Å². The van der Waals surface area contributed by atoms with Crippen LogP contribution in [-0.2, 0) is 28.4 Å². The third-order valence-electron chi connectivity index (χ3n) is 4.85. The Kier molecular flexibility index (Phi) is 6.42. The number of nitrogens with two attached hydrogens (primary N) is 1. The number of hydrogen-bond acceptors (Lipinski definition) is 5. The Labute approximate surface area is 188 Å². The molecular formula is C23H28N4O2S2. The Morgan fingerprint density at radius 1 is 1.23 bits per heavy atom. The Hall–Kier alpha value is -2.47. The van der Waals surface area contributed by atoms with Crippen molar-refractivity contribution in [2.75, 3.05) is 0 Å². The zero-order valence-electron chi connectivity index (χ0n) is 18.5. The van der Waals surface area contributed by atoms with E-state index in [4.69, 9.17) is 5.14 Å². The summed E-state index contributed by atoms with van der Waals surface area (Å²) in [5.41, 5.74) is 2.36. The third kappa shape index (κ3) is 5.24. The molecule has 3 aromatic rings. The van der Waals surface area contributed by atoms with Gasteiger partial charge in [0.05, 0.1) is 11.6 Å². The van der Waals surface area contributed by atoms with E-state index in [2.05, 4.69) is 50.2 Å². The van der Waals surface area contributed by atoms with Gasteiger partial charge in [0.1, 0.15) is 10.0 Å². The summed E-state index contributed by atoms with van der Waals surface area (Å²) in [6.45, 7) is 11.0. The molecule has 0 unspecified atom stereocenters. The second kappa shape index (κ2) is 8.58. The molecular weight excluding hydrogens is 428 g/mol. The van der Waals surface area contributed by atoms with Gasteiger partial charge in [-0.25, -0.2) is 18.5 Å². The zero-order valence-corrected chi connectivity index (χ0v) is 20.1. The normalized spacial score (nSPS) is 12.3. The second-order valence-corrected chi connectivity index (χ2v) is 12.1. The molecule has 0 aliphatic carbocycles. The molecule has 0 amide bonds. The van der Waals surface area contributed by atoms with E-state index in [0.717, 1.165) is 22.7 Å². The third-order valence-corrected chi connectivity index (χ3v) is 7.49. The molecule has 31 heavy (non-hydrogen) atoms. The highest BCUT2D eigenvalue weighted by atomic mass is 32.2. The molecule has 0 spiro atoms. The van der Waals surface area contributed by atoms with Gasteiger partial charge in [0, 0.05) is 40.4 Å². The van der Waals surface area contributed by atoms with E-state index in [1.54, 1.807) is 6.20 Å². The fraction of sp³-hybridized carbons (Fsp3) is 0.391. The van der Waals surface area contributed by atoms with Gasteiger partial charge >= 0.3 is 0 Å². The molecule has 2 N–H and O–H groups in total. The molecule has 0 atom stereocenters. The highest BCUT2D eigenvalue weighted by Crippen LogP contribution is 2.37. The number of hydrogen-bond donors (Lipinski definition) is 1. The van der Waals surface area contributed by atoms with Gasteiger partial charge in [-0.1, -0.05) is 46.8 Å². The monoisotopic (exact) mass is 456 g/mol. The molecule has 0 aliphatic rings. The van der Waals surface area contributed by atoms with Crippen molar-refractivity contribution >= 4 is 21.4 Å². The fourth-order valence-corrected chi connectivity index (χ4v) is 5.99. The Morgan fingerprint density at radius 3 is 2.52 bits per heavy atom. The summed E-state index contributed by atoms with van der Waals surface area (Å²) >= 11 is 1.19. The van der Waals surface area contributed by atoms with Crippen molar-refractivity contribution < 1.29 is 8.42 Å². The molecule has 2 heterocycles. The van der Waals surface area contributed by atoms with E-state index >= 15 is 0 Å². The van der Waals surface area contributed by atoms with Crippen LogP contribution in [0, 0.1) is 17.2 Å². The first-order valence-corrected chi connectivity index (χ1v) is 12.5. The van der Waals surface area contributed by atoms with E-state index in [0.29, 0.717) is 29.2 Å². The number of nitriles is 1. The summed E-state index contributed by atoms with van der Waals surface area (Å²) in [6, 6.07) is 9.64. The van der Waals surface area contributed by atoms with Crippen LogP contribution >= 0.6 is 11.3 Å². The quantitative estimate of drug-likeness (QED) is 0.582. The van der Waals surface area contributed by atoms with Gasteiger partial charge in [-0.05, 0) is 30.0 Å². The minimum absolute atomic E-state index is 0.102. The van der Waals surface area contributed by atoms with E-state index in [1.165, 1.54) is 11.3 Å². The molecule has 0 bridgehead atoms. The zero-order chi connectivity index (χ0) is 23.0. The molecule has 8 heteroatoms. The van der Waals surface area contributed by atoms with Crippen molar-refractivity contribution in [3.8, 4) is 17.2 Å². The topological polar surface area (TPSA) is 102 Å². The van der Waals surface area contributed by atoms with Crippen LogP contribution in [0.25, 0.3) is 11.1 Å². The fourth-order valence-electron chi connectivity index (χ4n) is 3.62. The maximum Gasteiger partial charge on any atom is 0.248 e. The van der Waals surface area contributed by atoms with Gasteiger partial charge in [0.25, 0.3) is 0 Å². The van der Waals surface area contributed by atoms with Crippen molar-refractivity contribution in [1.29, 1.82) is 5.26 Å². The molecule has 0 radical (unpaired) electrons. The minimum Gasteiger partial charge on any atom is -0.330 e. The first-order valence-electron chi connectivity index (χ1n) is 10.1. The maximum absolute atomic E-state index is 12.2. The summed E-state index contributed by atoms with van der Waals surface area (Å²) in [4.78, 5) is 5.42. The number of primary sulfonamides is 1. The number of thiophene rings is 1. The number of sulfonamides is 1. The highest BCUT2D eigenvalue weighted by molar-refractivity contribution is 7.91. The molecule has 164 valence electrons. The van der Waals surface area contributed by atoms with E-state index in [9.17, 15) is 13.7 Å². The lowest BCUT2D eigenvalue weighted by molar-refractivity contribution is 0.511. The molecule has 6 nitrogen and oxygen atoms in total. The number of aromatic nitrogens is 2. The van der Waals surface area contributed by atoms with Crippen molar-refractivity contribution in [1.82, 2.24) is 9.55 Å². The second-order valence-electron chi connectivity index (χ2n) is 9.18. The maximum atomic E-state index is 12.2. The Morgan fingerprint density at radius 2 is 1.94 bits per heavy atom. The van der Waals surface area contributed by atoms with Crippen molar-refractivity contribution in [2.45, 2.75) is 57.2 Å². The van der Waals surface area contributed by atoms with Crippen molar-refractivity contribution in [3.63, 3.8) is 0 Å². The van der Waals surface area contributed by atoms with Crippen LogP contribution in [0.3, 0.4) is 0 Å². The highest BCUT2D eigenvalue weighted by Gasteiger charge is 2.23. The summed E-state index contributed by atoms with van der Waals surface area (Å²) < 4.78 is 26.6. The summed E-state index contributed by atoms with van der Waals surface area (Å²) in [6.07, 6.45) is 4.46. The van der Waals surface area contributed by atoms with Crippen LogP contribution < -0.4 is 5.14 Å². The van der Waals surface area contributed by atoms with Gasteiger partial charge in [-0.15, -0.1) is 11.3 Å². The molecule has 0 fully saturated rings. The van der Waals surface area contributed by atoms with Crippen molar-refractivity contribution in [2.24, 2.45) is 11.1 Å². The summed E-state index contributed by atoms with van der Waals surface area (Å²) in [7, 11) is -3.90. The first kappa shape index (κ1) is 23.2. The number of imidazole rings is 1. The van der Waals surface area contributed by atoms with Gasteiger partial charge in [-0.3, -0.25) is 0 Å². The molecule has 0 aliphatic heterocycles. The molecule has 2 aromatic heterocycles. The standard InChI is InChI=1S/C23H28N4O2S2/c1-15(2)10-18-12-20(21(30-18)31(25,28)29)19-7-6-16(11-17(19)13-24)14-27-9-8-26-22(27)23(3,4)5/h6-9,11-12,15H,10,14H2,1-5H3,(H2,25,28,29). The Bertz CT molecular complexity index is 1240. The van der Waals surface area contributed by atoms with Gasteiger partial charge in [0.2, 0.25) is 10.0 Å². The number of benzene rings is 1. The van der Waals surface area contributed by atoms with E-state index < -0.39 is 10.0 Å². The lowest BCUT2D eigenvalue weighted by Crippen LogP contribution is -2.19. The van der Waals surface area contributed by atoms with Crippen molar-refractivity contribution in [3.05, 3.63) is 58.5 Å². The van der Waals surface area contributed by atoms with Gasteiger partial charge in [0.15, 0.2) is 0 Å². The Balaban J connectivity index is 2.05. The molecule has 0 saturated carbocycles. The average molecular weight is 457 g/mol. The van der Waals surface area contributed by atoms with Crippen LogP contribution in [0.5, 0.6) is 0 Å². The smallest absolute Gasteiger partial charge is 0.248 e. The largest absolute Gasteiger partial charge is 0.330 e. The van der Waals surface area contributed by atoms with Crippen LogP contribution in [0.15, 0.2) is 40.9 Å². The van der Waals surface area contributed by atoms with Gasteiger partial charge < -0.3 is 4.57 Å². The average Bonchev–Trinajstić information content (AvgIpc) is 3.27. The predicted molar refractivity (Wildman–Crippen MR) is 124 cm³/mol. The van der Waals surface area contributed by atoms with Crippen LogP contribution in [0.1, 0.15) is 56.4 Å². The van der Waals surface area contributed by atoms with Gasteiger partial charge in [-0.2, -0.15) is 5.26 Å². The van der Waals surface area contributed by atoms with E-state index in [-0.39, 0.29) is 9.62 Å². The number of rotatable bonds is 6. The summed E-state index contributed by atoms with van der Waals surface area (Å²) in [5, 5.41) is 15.3. The minimum atomic E-state index is -3.90. The molecule has 1 aromatic carbocycles. The SMILES string of the molecule is CC(C)Cc1cc(-c2ccc(Cn3ccnc3C(C)(C)C)cc2C#N)c(S(N)(=O)=O)s1. The lowest BCUT2D eigenvalue weighted by Gasteiger charge is -2.20.